The lowest BCUT2D eigenvalue weighted by molar-refractivity contribution is -0.0592. The first-order valence-corrected chi connectivity index (χ1v) is 6.99. The lowest BCUT2D eigenvalue weighted by Crippen LogP contribution is -2.48. The summed E-state index contributed by atoms with van der Waals surface area (Å²) in [6, 6.07) is 7.75. The van der Waals surface area contributed by atoms with Gasteiger partial charge in [0.25, 0.3) is 5.91 Å². The SMILES string of the molecule is Cc1c(C(=O)N2C[C@@H](C)O[C@H](C)C2)oc2ccccc12. The van der Waals surface area contributed by atoms with Crippen molar-refractivity contribution in [2.24, 2.45) is 0 Å². The van der Waals surface area contributed by atoms with Crippen LogP contribution >= 0.6 is 0 Å². The Kier molecular flexibility index (Phi) is 3.26. The van der Waals surface area contributed by atoms with Gasteiger partial charge in [-0.15, -0.1) is 0 Å². The summed E-state index contributed by atoms with van der Waals surface area (Å²) in [5.74, 6) is 0.410. The molecule has 1 aliphatic heterocycles. The van der Waals surface area contributed by atoms with E-state index in [2.05, 4.69) is 0 Å². The van der Waals surface area contributed by atoms with Crippen LogP contribution in [0.3, 0.4) is 0 Å². The predicted octanol–water partition coefficient (Wildman–Crippen LogP) is 2.99. The topological polar surface area (TPSA) is 42.7 Å². The molecule has 4 nitrogen and oxygen atoms in total. The first-order valence-electron chi connectivity index (χ1n) is 6.99. The standard InChI is InChI=1S/C16H19NO3/c1-10-8-17(9-11(2)19-10)16(18)15-12(3)13-6-4-5-7-14(13)20-15/h4-7,10-11H,8-9H2,1-3H3/t10-,11-/m1/s1. The van der Waals surface area contributed by atoms with Crippen LogP contribution < -0.4 is 0 Å². The average molecular weight is 273 g/mol. The Morgan fingerprint density at radius 3 is 2.50 bits per heavy atom. The normalized spacial score (nSPS) is 23.2. The first kappa shape index (κ1) is 13.2. The summed E-state index contributed by atoms with van der Waals surface area (Å²) in [5, 5.41) is 1.00. The maximum atomic E-state index is 12.7. The summed E-state index contributed by atoms with van der Waals surface area (Å²) in [7, 11) is 0. The molecule has 4 heteroatoms. The van der Waals surface area contributed by atoms with E-state index in [-0.39, 0.29) is 18.1 Å². The molecule has 1 aromatic carbocycles. The van der Waals surface area contributed by atoms with Gasteiger partial charge in [0.05, 0.1) is 12.2 Å². The number of aryl methyl sites for hydroxylation is 1. The molecular weight excluding hydrogens is 254 g/mol. The van der Waals surface area contributed by atoms with Gasteiger partial charge in [0.2, 0.25) is 0 Å². The summed E-state index contributed by atoms with van der Waals surface area (Å²) < 4.78 is 11.4. The van der Waals surface area contributed by atoms with Crippen LogP contribution in [0.15, 0.2) is 28.7 Å². The number of ether oxygens (including phenoxy) is 1. The van der Waals surface area contributed by atoms with Crippen molar-refractivity contribution in [3.63, 3.8) is 0 Å². The third kappa shape index (κ3) is 2.20. The molecule has 0 spiro atoms. The quantitative estimate of drug-likeness (QED) is 0.802. The Hall–Kier alpha value is -1.81. The van der Waals surface area contributed by atoms with E-state index in [9.17, 15) is 4.79 Å². The third-order valence-electron chi connectivity index (χ3n) is 3.74. The molecule has 0 N–H and O–H groups in total. The summed E-state index contributed by atoms with van der Waals surface area (Å²) in [6.07, 6.45) is 0.125. The first-order chi connectivity index (χ1) is 9.56. The lowest BCUT2D eigenvalue weighted by atomic mass is 10.1. The second-order valence-corrected chi connectivity index (χ2v) is 5.52. The van der Waals surface area contributed by atoms with Gasteiger partial charge >= 0.3 is 0 Å². The smallest absolute Gasteiger partial charge is 0.290 e. The fourth-order valence-electron chi connectivity index (χ4n) is 2.87. The number of nitrogens with zero attached hydrogens (tertiary/aromatic N) is 1. The second-order valence-electron chi connectivity index (χ2n) is 5.52. The predicted molar refractivity (Wildman–Crippen MR) is 76.9 cm³/mol. The van der Waals surface area contributed by atoms with Gasteiger partial charge in [0, 0.05) is 24.0 Å². The van der Waals surface area contributed by atoms with Crippen molar-refractivity contribution in [3.05, 3.63) is 35.6 Å². The van der Waals surface area contributed by atoms with E-state index in [0.29, 0.717) is 18.8 Å². The van der Waals surface area contributed by atoms with Crippen LogP contribution in [0.1, 0.15) is 30.0 Å². The van der Waals surface area contributed by atoms with E-state index in [1.165, 1.54) is 0 Å². The number of rotatable bonds is 1. The second kappa shape index (κ2) is 4.94. The lowest BCUT2D eigenvalue weighted by Gasteiger charge is -2.34. The molecule has 2 atom stereocenters. The van der Waals surface area contributed by atoms with Crippen LogP contribution in [0.2, 0.25) is 0 Å². The van der Waals surface area contributed by atoms with Gasteiger partial charge in [-0.2, -0.15) is 0 Å². The molecule has 0 aliphatic carbocycles. The van der Waals surface area contributed by atoms with E-state index in [1.807, 2.05) is 49.9 Å². The highest BCUT2D eigenvalue weighted by Crippen LogP contribution is 2.26. The zero-order valence-electron chi connectivity index (χ0n) is 12.1. The summed E-state index contributed by atoms with van der Waals surface area (Å²) in [6.45, 7) is 7.13. The van der Waals surface area contributed by atoms with Crippen LogP contribution in [-0.4, -0.2) is 36.1 Å². The zero-order chi connectivity index (χ0) is 14.3. The zero-order valence-corrected chi connectivity index (χ0v) is 12.1. The molecule has 106 valence electrons. The van der Waals surface area contributed by atoms with Crippen LogP contribution in [0.5, 0.6) is 0 Å². The van der Waals surface area contributed by atoms with Crippen molar-refractivity contribution >= 4 is 16.9 Å². The van der Waals surface area contributed by atoms with Crippen molar-refractivity contribution < 1.29 is 13.9 Å². The van der Waals surface area contributed by atoms with E-state index >= 15 is 0 Å². The number of amides is 1. The van der Waals surface area contributed by atoms with Gasteiger partial charge in [-0.05, 0) is 26.8 Å². The Morgan fingerprint density at radius 2 is 1.85 bits per heavy atom. The maximum Gasteiger partial charge on any atom is 0.290 e. The molecule has 1 amide bonds. The molecule has 3 rings (SSSR count). The van der Waals surface area contributed by atoms with Gasteiger partial charge in [-0.1, -0.05) is 18.2 Å². The van der Waals surface area contributed by atoms with E-state index < -0.39 is 0 Å². The molecular formula is C16H19NO3. The molecule has 1 fully saturated rings. The molecule has 1 aliphatic rings. The minimum atomic E-state index is -0.0410. The molecule has 1 saturated heterocycles. The number of morpholine rings is 1. The maximum absolute atomic E-state index is 12.7. The van der Waals surface area contributed by atoms with Crippen molar-refractivity contribution in [1.82, 2.24) is 4.90 Å². The molecule has 20 heavy (non-hydrogen) atoms. The molecule has 2 heterocycles. The van der Waals surface area contributed by atoms with Gasteiger partial charge in [0.15, 0.2) is 5.76 Å². The molecule has 0 bridgehead atoms. The third-order valence-corrected chi connectivity index (χ3v) is 3.74. The average Bonchev–Trinajstić information content (AvgIpc) is 2.75. The molecule has 0 saturated carbocycles. The number of para-hydroxylation sites is 1. The molecule has 1 aromatic heterocycles. The van der Waals surface area contributed by atoms with E-state index in [0.717, 1.165) is 16.5 Å². The van der Waals surface area contributed by atoms with Crippen molar-refractivity contribution in [1.29, 1.82) is 0 Å². The fraction of sp³-hybridized carbons (Fsp3) is 0.438. The number of carbonyl (C=O) groups is 1. The van der Waals surface area contributed by atoms with Gasteiger partial charge in [-0.3, -0.25) is 4.79 Å². The summed E-state index contributed by atoms with van der Waals surface area (Å²) in [5.41, 5.74) is 1.68. The van der Waals surface area contributed by atoms with Crippen molar-refractivity contribution in [2.45, 2.75) is 33.0 Å². The number of carbonyl (C=O) groups excluding carboxylic acids is 1. The summed E-state index contributed by atoms with van der Waals surface area (Å²) in [4.78, 5) is 14.5. The Labute approximate surface area is 118 Å². The Balaban J connectivity index is 1.94. The van der Waals surface area contributed by atoms with E-state index in [4.69, 9.17) is 9.15 Å². The number of furan rings is 1. The Bertz CT molecular complexity index is 636. The van der Waals surface area contributed by atoms with Crippen LogP contribution in [0, 0.1) is 6.92 Å². The highest BCUT2D eigenvalue weighted by Gasteiger charge is 2.29. The van der Waals surface area contributed by atoms with Crippen LogP contribution in [0.25, 0.3) is 11.0 Å². The summed E-state index contributed by atoms with van der Waals surface area (Å²) >= 11 is 0. The minimum absolute atomic E-state index is 0.0410. The van der Waals surface area contributed by atoms with Crippen molar-refractivity contribution in [3.8, 4) is 0 Å². The largest absolute Gasteiger partial charge is 0.451 e. The van der Waals surface area contributed by atoms with Gasteiger partial charge in [-0.25, -0.2) is 0 Å². The number of fused-ring (bicyclic) bond motifs is 1. The molecule has 0 unspecified atom stereocenters. The van der Waals surface area contributed by atoms with Crippen molar-refractivity contribution in [2.75, 3.05) is 13.1 Å². The van der Waals surface area contributed by atoms with Crippen LogP contribution in [-0.2, 0) is 4.74 Å². The van der Waals surface area contributed by atoms with Gasteiger partial charge in [0.1, 0.15) is 5.58 Å². The molecule has 2 aromatic rings. The number of hydrogen-bond acceptors (Lipinski definition) is 3. The number of hydrogen-bond donors (Lipinski definition) is 0. The highest BCUT2D eigenvalue weighted by atomic mass is 16.5. The van der Waals surface area contributed by atoms with Gasteiger partial charge < -0.3 is 14.1 Å². The fourth-order valence-corrected chi connectivity index (χ4v) is 2.87. The Morgan fingerprint density at radius 1 is 1.20 bits per heavy atom. The monoisotopic (exact) mass is 273 g/mol. The highest BCUT2D eigenvalue weighted by molar-refractivity contribution is 5.99. The van der Waals surface area contributed by atoms with Crippen LogP contribution in [0.4, 0.5) is 0 Å². The minimum Gasteiger partial charge on any atom is -0.451 e. The number of benzene rings is 1. The molecule has 0 radical (unpaired) electrons. The van der Waals surface area contributed by atoms with E-state index in [1.54, 1.807) is 0 Å².